The van der Waals surface area contributed by atoms with Gasteiger partial charge in [-0.25, -0.2) is 10.6 Å². The molecule has 188 valence electrons. The SMILES string of the molecule is C=N/N=C\N(N)c1ccc(Cl)cc1/C=C/C(=O)N[C@@H](CC1CNC1)C(=O)Nc1ccc(C(=O)O)cc1. The van der Waals surface area contributed by atoms with Crippen molar-refractivity contribution in [3.8, 4) is 0 Å². The van der Waals surface area contributed by atoms with Crippen molar-refractivity contribution in [3.05, 3.63) is 64.7 Å². The van der Waals surface area contributed by atoms with Crippen LogP contribution < -0.4 is 26.8 Å². The van der Waals surface area contributed by atoms with Gasteiger partial charge in [0, 0.05) is 29.1 Å². The molecule has 1 saturated heterocycles. The van der Waals surface area contributed by atoms with E-state index in [9.17, 15) is 14.4 Å². The van der Waals surface area contributed by atoms with Gasteiger partial charge in [0.05, 0.1) is 11.3 Å². The number of rotatable bonds is 11. The topological polar surface area (TPSA) is 162 Å². The number of hydrogen-bond acceptors (Lipinski definition) is 7. The molecule has 1 aliphatic rings. The van der Waals surface area contributed by atoms with Crippen LogP contribution in [0, 0.1) is 5.92 Å². The van der Waals surface area contributed by atoms with E-state index in [0.29, 0.717) is 28.4 Å². The molecule has 2 amide bonds. The zero-order chi connectivity index (χ0) is 26.1. The Morgan fingerprint density at radius 3 is 2.58 bits per heavy atom. The number of nitrogens with zero attached hydrogens (tertiary/aromatic N) is 3. The lowest BCUT2D eigenvalue weighted by atomic mass is 9.94. The van der Waals surface area contributed by atoms with Crippen LogP contribution in [-0.2, 0) is 9.59 Å². The molecule has 1 atom stereocenters. The summed E-state index contributed by atoms with van der Waals surface area (Å²) in [6.45, 7) is 4.76. The normalized spacial score (nSPS) is 14.3. The minimum Gasteiger partial charge on any atom is -0.478 e. The highest BCUT2D eigenvalue weighted by Crippen LogP contribution is 2.24. The number of nitrogens with two attached hydrogens (primary N) is 1. The zero-order valence-electron chi connectivity index (χ0n) is 19.2. The first-order chi connectivity index (χ1) is 17.3. The first-order valence-corrected chi connectivity index (χ1v) is 11.3. The second-order valence-corrected chi connectivity index (χ2v) is 8.45. The van der Waals surface area contributed by atoms with Crippen LogP contribution in [0.25, 0.3) is 6.08 Å². The fraction of sp³-hybridized carbons (Fsp3) is 0.208. The van der Waals surface area contributed by atoms with Crippen molar-refractivity contribution in [2.75, 3.05) is 23.4 Å². The molecule has 0 saturated carbocycles. The Kier molecular flexibility index (Phi) is 9.28. The molecule has 1 aliphatic heterocycles. The van der Waals surface area contributed by atoms with Crippen molar-refractivity contribution < 1.29 is 19.5 Å². The largest absolute Gasteiger partial charge is 0.478 e. The molecule has 3 rings (SSSR count). The summed E-state index contributed by atoms with van der Waals surface area (Å²) >= 11 is 6.10. The van der Waals surface area contributed by atoms with Crippen LogP contribution in [0.3, 0.4) is 0 Å². The monoisotopic (exact) mass is 511 g/mol. The average molecular weight is 512 g/mol. The van der Waals surface area contributed by atoms with E-state index < -0.39 is 23.8 Å². The third kappa shape index (κ3) is 7.47. The molecule has 11 nitrogen and oxygen atoms in total. The molecular weight excluding hydrogens is 486 g/mol. The van der Waals surface area contributed by atoms with Crippen molar-refractivity contribution in [1.82, 2.24) is 10.6 Å². The third-order valence-corrected chi connectivity index (χ3v) is 5.64. The van der Waals surface area contributed by atoms with Crippen molar-refractivity contribution in [2.45, 2.75) is 12.5 Å². The summed E-state index contributed by atoms with van der Waals surface area (Å²) in [5.41, 5.74) is 1.58. The van der Waals surface area contributed by atoms with Gasteiger partial charge in [0.25, 0.3) is 0 Å². The number of nitrogens with one attached hydrogen (secondary N) is 3. The second kappa shape index (κ2) is 12.6. The Morgan fingerprint density at radius 1 is 1.25 bits per heavy atom. The highest BCUT2D eigenvalue weighted by Gasteiger charge is 2.27. The van der Waals surface area contributed by atoms with Crippen LogP contribution in [0.2, 0.25) is 5.02 Å². The van der Waals surface area contributed by atoms with Gasteiger partial charge in [-0.05, 0) is 74.0 Å². The van der Waals surface area contributed by atoms with Crippen LogP contribution in [0.5, 0.6) is 0 Å². The lowest BCUT2D eigenvalue weighted by molar-refractivity contribution is -0.124. The molecule has 12 heteroatoms. The Labute approximate surface area is 212 Å². The quantitative estimate of drug-likeness (QED) is 0.101. The maximum absolute atomic E-state index is 12.9. The van der Waals surface area contributed by atoms with Crippen molar-refractivity contribution in [1.29, 1.82) is 0 Å². The van der Waals surface area contributed by atoms with Crippen LogP contribution in [0.1, 0.15) is 22.3 Å². The molecule has 0 aliphatic carbocycles. The number of carbonyl (C=O) groups excluding carboxylic acids is 2. The van der Waals surface area contributed by atoms with Crippen molar-refractivity contribution >= 4 is 59.9 Å². The van der Waals surface area contributed by atoms with E-state index in [-0.39, 0.29) is 11.5 Å². The number of benzene rings is 2. The molecule has 0 radical (unpaired) electrons. The molecule has 0 unspecified atom stereocenters. The van der Waals surface area contributed by atoms with E-state index >= 15 is 0 Å². The minimum atomic E-state index is -1.06. The van der Waals surface area contributed by atoms with Crippen molar-refractivity contribution in [2.24, 2.45) is 22.0 Å². The van der Waals surface area contributed by atoms with Gasteiger partial charge in [-0.15, -0.1) is 5.10 Å². The van der Waals surface area contributed by atoms with E-state index in [0.717, 1.165) is 13.1 Å². The Balaban J connectivity index is 1.72. The number of aromatic carboxylic acids is 1. The van der Waals surface area contributed by atoms with Gasteiger partial charge in [-0.3, -0.25) is 14.6 Å². The third-order valence-electron chi connectivity index (χ3n) is 5.41. The van der Waals surface area contributed by atoms with Gasteiger partial charge in [-0.2, -0.15) is 5.10 Å². The van der Waals surface area contributed by atoms with E-state index in [2.05, 4.69) is 32.9 Å². The Morgan fingerprint density at radius 2 is 1.97 bits per heavy atom. The van der Waals surface area contributed by atoms with Gasteiger partial charge < -0.3 is 21.1 Å². The average Bonchev–Trinajstić information content (AvgIpc) is 2.82. The maximum atomic E-state index is 12.9. The van der Waals surface area contributed by atoms with Crippen LogP contribution in [-0.4, -0.2) is 55.1 Å². The van der Waals surface area contributed by atoms with Gasteiger partial charge in [-0.1, -0.05) is 11.6 Å². The van der Waals surface area contributed by atoms with Gasteiger partial charge in [0.15, 0.2) is 0 Å². The van der Waals surface area contributed by atoms with E-state index in [4.69, 9.17) is 22.6 Å². The molecule has 1 heterocycles. The molecule has 36 heavy (non-hydrogen) atoms. The highest BCUT2D eigenvalue weighted by molar-refractivity contribution is 6.30. The van der Waals surface area contributed by atoms with E-state index in [1.54, 1.807) is 18.2 Å². The smallest absolute Gasteiger partial charge is 0.335 e. The first kappa shape index (κ1) is 26.5. The van der Waals surface area contributed by atoms with Crippen molar-refractivity contribution in [3.63, 3.8) is 0 Å². The number of hydrazine groups is 1. The molecule has 1 fully saturated rings. The lowest BCUT2D eigenvalue weighted by Crippen LogP contribution is -2.50. The predicted molar refractivity (Wildman–Crippen MR) is 140 cm³/mol. The molecule has 0 bridgehead atoms. The summed E-state index contributed by atoms with van der Waals surface area (Å²) in [5.74, 6) is 4.25. The summed E-state index contributed by atoms with van der Waals surface area (Å²) in [4.78, 5) is 36.7. The number of halogens is 1. The number of carboxylic acid groups (broad SMARTS) is 1. The summed E-state index contributed by atoms with van der Waals surface area (Å²) < 4.78 is 0. The number of amides is 2. The molecule has 6 N–H and O–H groups in total. The zero-order valence-corrected chi connectivity index (χ0v) is 20.0. The maximum Gasteiger partial charge on any atom is 0.335 e. The number of anilines is 2. The second-order valence-electron chi connectivity index (χ2n) is 8.01. The summed E-state index contributed by atoms with van der Waals surface area (Å²) in [6, 6.07) is 9.89. The molecule has 0 spiro atoms. The highest BCUT2D eigenvalue weighted by atomic mass is 35.5. The summed E-state index contributed by atoms with van der Waals surface area (Å²) in [6.07, 6.45) is 4.50. The van der Waals surface area contributed by atoms with Gasteiger partial charge in [0.2, 0.25) is 11.8 Å². The Hall–Kier alpha value is -4.06. The summed E-state index contributed by atoms with van der Waals surface area (Å²) in [5, 5.41) is 26.3. The van der Waals surface area contributed by atoms with E-state index in [1.165, 1.54) is 47.8 Å². The van der Waals surface area contributed by atoms with Crippen LogP contribution >= 0.6 is 11.6 Å². The molecule has 2 aromatic rings. The first-order valence-electron chi connectivity index (χ1n) is 10.9. The Bertz CT molecular complexity index is 1180. The fourth-order valence-electron chi connectivity index (χ4n) is 3.44. The molecular formula is C24H26ClN7O4. The van der Waals surface area contributed by atoms with Gasteiger partial charge in [0.1, 0.15) is 12.4 Å². The van der Waals surface area contributed by atoms with Gasteiger partial charge >= 0.3 is 5.97 Å². The number of hydrogen-bond donors (Lipinski definition) is 5. The predicted octanol–water partition coefficient (Wildman–Crippen LogP) is 2.11. The summed E-state index contributed by atoms with van der Waals surface area (Å²) in [7, 11) is 0. The number of carbonyl (C=O) groups is 3. The minimum absolute atomic E-state index is 0.104. The molecule has 2 aromatic carbocycles. The lowest BCUT2D eigenvalue weighted by Gasteiger charge is -2.30. The van der Waals surface area contributed by atoms with E-state index in [1.807, 2.05) is 0 Å². The van der Waals surface area contributed by atoms with Crippen LogP contribution in [0.4, 0.5) is 11.4 Å². The number of carboxylic acids is 1. The fourth-order valence-corrected chi connectivity index (χ4v) is 3.62. The van der Waals surface area contributed by atoms with Crippen LogP contribution in [0.15, 0.2) is 58.7 Å². The standard InChI is InChI=1S/C24H26ClN7O4/c1-27-29-14-32(26)21-8-5-18(25)11-17(21)4-9-22(33)31-20(10-15-12-28-13-15)23(34)30-19-6-2-16(3-7-19)24(35)36/h2-9,11,14-15,20,28H,1,10,12-13,26H2,(H,30,34)(H,31,33)(H,35,36)/b9-4+,29-14-/t20-/m0/s1. The molecule has 0 aromatic heterocycles.